The van der Waals surface area contributed by atoms with Crippen LogP contribution in [0.2, 0.25) is 0 Å². The minimum atomic E-state index is -0.283. The van der Waals surface area contributed by atoms with Crippen molar-refractivity contribution >= 4 is 54.3 Å². The van der Waals surface area contributed by atoms with Crippen molar-refractivity contribution in [1.29, 1.82) is 0 Å². The van der Waals surface area contributed by atoms with Gasteiger partial charge in [0.2, 0.25) is 0 Å². The highest BCUT2D eigenvalue weighted by Gasteiger charge is 2.33. The van der Waals surface area contributed by atoms with Crippen LogP contribution in [0.1, 0.15) is 53.1 Å². The summed E-state index contributed by atoms with van der Waals surface area (Å²) in [5.74, 6) is 1.93. The summed E-state index contributed by atoms with van der Waals surface area (Å²) in [6.45, 7) is 13.5. The van der Waals surface area contributed by atoms with Crippen LogP contribution in [0.15, 0.2) is 191 Å². The van der Waals surface area contributed by atoms with Crippen LogP contribution in [-0.4, -0.2) is 0 Å². The van der Waals surface area contributed by atoms with Gasteiger partial charge in [-0.15, -0.1) is 0 Å². The molecule has 0 aliphatic carbocycles. The number of hydrogen-bond acceptors (Lipinski definition) is 2. The maximum Gasteiger partial charge on any atom is 0.143 e. The molecule has 2 heteroatoms. The second-order valence-electron chi connectivity index (χ2n) is 18.9. The van der Waals surface area contributed by atoms with Crippen LogP contribution in [0.25, 0.3) is 110 Å². The number of furan rings is 2. The highest BCUT2D eigenvalue weighted by atomic mass is 16.3. The number of rotatable bonds is 5. The fraction of sp³-hybridized carbons (Fsp3) is 0.133. The summed E-state index contributed by atoms with van der Waals surface area (Å²) in [4.78, 5) is 0. The van der Waals surface area contributed by atoms with Crippen molar-refractivity contribution in [1.82, 2.24) is 0 Å². The summed E-state index contributed by atoms with van der Waals surface area (Å²) in [5.41, 5.74) is 12.6. The zero-order valence-electron chi connectivity index (χ0n) is 36.1. The Bertz CT molecular complexity index is 3480. The average Bonchev–Trinajstić information content (AvgIpc) is 3.89. The monoisotopic (exact) mass is 800 g/mol. The summed E-state index contributed by atoms with van der Waals surface area (Å²) in [6.07, 6.45) is 0. The summed E-state index contributed by atoms with van der Waals surface area (Å²) >= 11 is 0. The quantitative estimate of drug-likeness (QED) is 0.173. The Hall–Kier alpha value is -7.16. The van der Waals surface area contributed by atoms with E-state index in [1.807, 2.05) is 0 Å². The van der Waals surface area contributed by atoms with Gasteiger partial charge >= 0.3 is 0 Å². The van der Waals surface area contributed by atoms with E-state index in [2.05, 4.69) is 224 Å². The molecule has 0 saturated heterocycles. The van der Waals surface area contributed by atoms with E-state index in [1.165, 1.54) is 32.7 Å². The van der Waals surface area contributed by atoms with Crippen molar-refractivity contribution in [2.45, 2.75) is 52.4 Å². The van der Waals surface area contributed by atoms with Gasteiger partial charge in [-0.3, -0.25) is 0 Å². The average molecular weight is 801 g/mol. The van der Waals surface area contributed by atoms with E-state index in [9.17, 15) is 0 Å². The van der Waals surface area contributed by atoms with E-state index < -0.39 is 0 Å². The molecule has 0 aliphatic heterocycles. The van der Waals surface area contributed by atoms with Gasteiger partial charge in [-0.05, 0) is 84.3 Å². The molecule has 0 aliphatic rings. The number of hydrogen-bond donors (Lipinski definition) is 0. The van der Waals surface area contributed by atoms with E-state index >= 15 is 0 Å². The van der Waals surface area contributed by atoms with Gasteiger partial charge in [-0.2, -0.15) is 0 Å². The minimum absolute atomic E-state index is 0.283. The van der Waals surface area contributed by atoms with Crippen LogP contribution in [0, 0.1) is 0 Å². The molecule has 0 N–H and O–H groups in total. The van der Waals surface area contributed by atoms with Gasteiger partial charge in [-0.25, -0.2) is 0 Å². The van der Waals surface area contributed by atoms with Gasteiger partial charge in [0.05, 0.1) is 0 Å². The standard InChI is InChI=1S/C60H48O2/c1-59(2,3)57-51(41-20-9-7-10-21-41)49-35-47(40-31-29-39(30-32-40)46-27-17-25-38-19-15-16-26-45(38)46)53-54(56(49)62-57)48(44-33-28-37-18-13-14-24-43(37)34-44)36-50-52(42-22-11-8-12-23-42)58(60(4,5)6)61-55(50)53/h7-36H,1-6H3. The fourth-order valence-corrected chi connectivity index (χ4v) is 9.67. The molecule has 0 atom stereocenters. The summed E-state index contributed by atoms with van der Waals surface area (Å²) in [6, 6.07) is 66.2. The van der Waals surface area contributed by atoms with Gasteiger partial charge < -0.3 is 8.83 Å². The molecule has 9 aromatic carbocycles. The Kier molecular flexibility index (Phi) is 8.67. The highest BCUT2D eigenvalue weighted by molar-refractivity contribution is 6.28. The first-order valence-corrected chi connectivity index (χ1v) is 21.8. The summed E-state index contributed by atoms with van der Waals surface area (Å²) in [5, 5.41) is 9.18. The normalized spacial score (nSPS) is 12.4. The van der Waals surface area contributed by atoms with Gasteiger partial charge in [0.25, 0.3) is 0 Å². The van der Waals surface area contributed by atoms with E-state index in [1.54, 1.807) is 0 Å². The van der Waals surface area contributed by atoms with Crippen LogP contribution in [0.5, 0.6) is 0 Å². The molecule has 0 radical (unpaired) electrons. The van der Waals surface area contributed by atoms with Crippen LogP contribution in [-0.2, 0) is 10.8 Å². The van der Waals surface area contributed by atoms with E-state index in [-0.39, 0.29) is 10.8 Å². The Morgan fingerprint density at radius 3 is 1.29 bits per heavy atom. The maximum atomic E-state index is 7.39. The molecule has 2 heterocycles. The van der Waals surface area contributed by atoms with Gasteiger partial charge in [0, 0.05) is 43.5 Å². The lowest BCUT2D eigenvalue weighted by Crippen LogP contribution is -2.10. The molecular formula is C60H48O2. The largest absolute Gasteiger partial charge is 0.459 e. The first-order valence-electron chi connectivity index (χ1n) is 21.8. The van der Waals surface area contributed by atoms with Crippen molar-refractivity contribution in [2.75, 3.05) is 0 Å². The van der Waals surface area contributed by atoms with E-state index in [0.717, 1.165) is 88.7 Å². The summed E-state index contributed by atoms with van der Waals surface area (Å²) in [7, 11) is 0. The van der Waals surface area contributed by atoms with Crippen LogP contribution in [0.4, 0.5) is 0 Å². The zero-order valence-corrected chi connectivity index (χ0v) is 36.1. The van der Waals surface area contributed by atoms with Crippen molar-refractivity contribution in [3.05, 3.63) is 194 Å². The van der Waals surface area contributed by atoms with E-state index in [0.29, 0.717) is 0 Å². The summed E-state index contributed by atoms with van der Waals surface area (Å²) < 4.78 is 14.8. The molecule has 11 aromatic rings. The number of benzene rings is 9. The Morgan fingerprint density at radius 2 is 0.742 bits per heavy atom. The molecule has 0 bridgehead atoms. The molecule has 11 rings (SSSR count). The van der Waals surface area contributed by atoms with E-state index in [4.69, 9.17) is 8.83 Å². The molecule has 0 unspecified atom stereocenters. The maximum absolute atomic E-state index is 7.39. The van der Waals surface area contributed by atoms with Crippen molar-refractivity contribution in [2.24, 2.45) is 0 Å². The Labute approximate surface area is 363 Å². The SMILES string of the molecule is CC(C)(C)c1oc2c(cc(-c3ccc4ccccc4c3)c3c4oc(C(C)(C)C)c(-c5ccccc5)c4cc(-c4ccc(-c5cccc6ccccc56)cc4)c23)c1-c1ccccc1. The third kappa shape index (κ3) is 6.16. The Balaban J connectivity index is 1.33. The topological polar surface area (TPSA) is 26.3 Å². The number of fused-ring (bicyclic) bond motifs is 7. The lowest BCUT2D eigenvalue weighted by Gasteiger charge is -2.17. The predicted molar refractivity (Wildman–Crippen MR) is 263 cm³/mol. The first-order chi connectivity index (χ1) is 30.0. The molecule has 62 heavy (non-hydrogen) atoms. The fourth-order valence-electron chi connectivity index (χ4n) is 9.67. The van der Waals surface area contributed by atoms with Gasteiger partial charge in [0.1, 0.15) is 22.7 Å². The van der Waals surface area contributed by atoms with Crippen LogP contribution < -0.4 is 0 Å². The lowest BCUT2D eigenvalue weighted by atomic mass is 9.83. The molecule has 0 spiro atoms. The lowest BCUT2D eigenvalue weighted by molar-refractivity contribution is 0.432. The highest BCUT2D eigenvalue weighted by Crippen LogP contribution is 2.53. The van der Waals surface area contributed by atoms with Crippen LogP contribution >= 0.6 is 0 Å². The van der Waals surface area contributed by atoms with Crippen molar-refractivity contribution < 1.29 is 8.83 Å². The molecular weight excluding hydrogens is 753 g/mol. The third-order valence-corrected chi connectivity index (χ3v) is 12.6. The van der Waals surface area contributed by atoms with Crippen molar-refractivity contribution in [3.8, 4) is 55.6 Å². The van der Waals surface area contributed by atoms with Gasteiger partial charge in [0.15, 0.2) is 0 Å². The smallest absolute Gasteiger partial charge is 0.143 e. The third-order valence-electron chi connectivity index (χ3n) is 12.6. The molecule has 0 saturated carbocycles. The zero-order chi connectivity index (χ0) is 42.3. The molecule has 2 nitrogen and oxygen atoms in total. The molecule has 0 amide bonds. The second kappa shape index (κ2) is 14.2. The van der Waals surface area contributed by atoms with Gasteiger partial charge in [-0.1, -0.05) is 205 Å². The predicted octanol–water partition coefficient (Wildman–Crippen LogP) is 17.6. The molecule has 0 fully saturated rings. The first kappa shape index (κ1) is 37.8. The van der Waals surface area contributed by atoms with Crippen molar-refractivity contribution in [3.63, 3.8) is 0 Å². The Morgan fingerprint density at radius 1 is 0.306 bits per heavy atom. The van der Waals surface area contributed by atoms with Crippen LogP contribution in [0.3, 0.4) is 0 Å². The minimum Gasteiger partial charge on any atom is -0.459 e. The molecule has 2 aromatic heterocycles. The second-order valence-corrected chi connectivity index (χ2v) is 18.9. The molecule has 300 valence electrons.